The number of nitrogens with zero attached hydrogens (tertiary/aromatic N) is 3. The number of amides is 1. The van der Waals surface area contributed by atoms with Gasteiger partial charge in [0.15, 0.2) is 0 Å². The van der Waals surface area contributed by atoms with Gasteiger partial charge in [-0.25, -0.2) is 4.79 Å². The fraction of sp³-hybridized carbons (Fsp3) is 0.263. The predicted molar refractivity (Wildman–Crippen MR) is 92.9 cm³/mol. The van der Waals surface area contributed by atoms with E-state index in [0.29, 0.717) is 25.0 Å². The fourth-order valence-corrected chi connectivity index (χ4v) is 3.35. The number of fused-ring (bicyclic) bond motifs is 1. The lowest BCUT2D eigenvalue weighted by Crippen LogP contribution is -2.23. The molecule has 6 heteroatoms. The van der Waals surface area contributed by atoms with Crippen LogP contribution in [0, 0.1) is 0 Å². The number of aromatic nitrogens is 2. The van der Waals surface area contributed by atoms with Crippen LogP contribution in [0.25, 0.3) is 11.0 Å². The Morgan fingerprint density at radius 2 is 1.52 bits per heavy atom. The van der Waals surface area contributed by atoms with Crippen molar-refractivity contribution in [3.8, 4) is 0 Å². The monoisotopic (exact) mass is 339 g/mol. The Morgan fingerprint density at radius 3 is 2.16 bits per heavy atom. The number of halogens is 1. The van der Waals surface area contributed by atoms with Gasteiger partial charge >= 0.3 is 5.69 Å². The van der Waals surface area contributed by atoms with Crippen LogP contribution in [0.2, 0.25) is 0 Å². The van der Waals surface area contributed by atoms with E-state index < -0.39 is 5.69 Å². The lowest BCUT2D eigenvalue weighted by Gasteiger charge is -2.15. The lowest BCUT2D eigenvalue weighted by atomic mass is 10.1. The van der Waals surface area contributed by atoms with Crippen LogP contribution in [0.4, 0.5) is 4.48 Å². The van der Waals surface area contributed by atoms with Crippen LogP contribution in [-0.2, 0) is 17.9 Å². The van der Waals surface area contributed by atoms with Crippen molar-refractivity contribution in [3.63, 3.8) is 0 Å². The van der Waals surface area contributed by atoms with E-state index in [-0.39, 0.29) is 16.2 Å². The molecule has 1 fully saturated rings. The molecule has 2 aromatic carbocycles. The molecule has 0 atom stereocenters. The number of rotatable bonds is 4. The predicted octanol–water partition coefficient (Wildman–Crippen LogP) is 2.71. The van der Waals surface area contributed by atoms with E-state index in [9.17, 15) is 14.1 Å². The smallest absolute Gasteiger partial charge is 0.338 e. The first-order valence-electron chi connectivity index (χ1n) is 8.35. The molecule has 1 aliphatic rings. The molecular formula is C19H18FN3O2. The van der Waals surface area contributed by atoms with E-state index in [1.807, 2.05) is 29.2 Å². The van der Waals surface area contributed by atoms with Crippen molar-refractivity contribution in [2.75, 3.05) is 6.54 Å². The van der Waals surface area contributed by atoms with Gasteiger partial charge in [0.05, 0.1) is 12.1 Å². The van der Waals surface area contributed by atoms with Crippen LogP contribution in [0.3, 0.4) is 0 Å². The maximum absolute atomic E-state index is 14.0. The molecule has 5 nitrogen and oxygen atoms in total. The number of benzene rings is 2. The van der Waals surface area contributed by atoms with Crippen molar-refractivity contribution >= 4 is 16.9 Å². The van der Waals surface area contributed by atoms with Crippen LogP contribution >= 0.6 is 0 Å². The number of para-hydroxylation sites is 2. The summed E-state index contributed by atoms with van der Waals surface area (Å²) in [5, 5.41) is 0. The highest BCUT2D eigenvalue weighted by molar-refractivity contribution is 5.78. The molecule has 0 N–H and O–H groups in total. The normalized spacial score (nSPS) is 14.6. The first-order valence-corrected chi connectivity index (χ1v) is 8.35. The second kappa shape index (κ2) is 6.20. The Balaban J connectivity index is 1.57. The average Bonchev–Trinajstić information content (AvgIpc) is 3.14. The highest BCUT2D eigenvalue weighted by Crippen LogP contribution is 2.17. The maximum Gasteiger partial charge on any atom is 0.357 e. The van der Waals surface area contributed by atoms with Gasteiger partial charge in [-0.3, -0.25) is 9.36 Å². The molecule has 25 heavy (non-hydrogen) atoms. The molecule has 1 aromatic heterocycles. The minimum absolute atomic E-state index is 0.183. The summed E-state index contributed by atoms with van der Waals surface area (Å²) in [6.45, 7) is 1.73. The molecule has 0 saturated carbocycles. The number of likely N-dealkylation sites (tertiary alicyclic amines) is 1. The standard InChI is InChI=1S/C19H18FN3O2/c20-23-17-5-2-1-4-16(17)22(19(23)25)13-15-9-7-14(8-10-15)12-21-11-3-6-18(21)24/h1-2,4-5,7-10H,3,6,11-13H2. The maximum atomic E-state index is 14.0. The van der Waals surface area contributed by atoms with E-state index in [1.165, 1.54) is 4.57 Å². The summed E-state index contributed by atoms with van der Waals surface area (Å²) in [4.78, 5) is 25.9. The molecule has 0 spiro atoms. The number of hydrogen-bond donors (Lipinski definition) is 0. The van der Waals surface area contributed by atoms with Gasteiger partial charge < -0.3 is 4.90 Å². The van der Waals surface area contributed by atoms with Crippen molar-refractivity contribution in [2.24, 2.45) is 0 Å². The Kier molecular flexibility index (Phi) is 3.87. The van der Waals surface area contributed by atoms with Crippen molar-refractivity contribution < 1.29 is 9.28 Å². The van der Waals surface area contributed by atoms with Gasteiger partial charge in [-0.05, 0) is 29.7 Å². The number of imidazole rings is 1. The molecule has 1 amide bonds. The van der Waals surface area contributed by atoms with Gasteiger partial charge in [0, 0.05) is 19.5 Å². The molecule has 128 valence electrons. The third-order valence-corrected chi connectivity index (χ3v) is 4.69. The summed E-state index contributed by atoms with van der Waals surface area (Å²) in [7, 11) is 0. The second-order valence-electron chi connectivity index (χ2n) is 6.37. The quantitative estimate of drug-likeness (QED) is 0.734. The highest BCUT2D eigenvalue weighted by Gasteiger charge is 2.20. The zero-order valence-corrected chi connectivity index (χ0v) is 13.7. The fourth-order valence-electron chi connectivity index (χ4n) is 3.35. The molecule has 0 unspecified atom stereocenters. The molecule has 3 aromatic rings. The SMILES string of the molecule is O=C1CCCN1Cc1ccc(Cn2c(=O)n(F)c3ccccc32)cc1. The van der Waals surface area contributed by atoms with Gasteiger partial charge in [-0.2, -0.15) is 0 Å². The van der Waals surface area contributed by atoms with Gasteiger partial charge in [0.1, 0.15) is 5.52 Å². The minimum Gasteiger partial charge on any atom is -0.338 e. The largest absolute Gasteiger partial charge is 0.357 e. The van der Waals surface area contributed by atoms with Crippen LogP contribution in [-0.4, -0.2) is 26.7 Å². The lowest BCUT2D eigenvalue weighted by molar-refractivity contribution is -0.128. The van der Waals surface area contributed by atoms with Crippen molar-refractivity contribution in [2.45, 2.75) is 25.9 Å². The van der Waals surface area contributed by atoms with E-state index in [0.717, 1.165) is 24.1 Å². The van der Waals surface area contributed by atoms with E-state index in [2.05, 4.69) is 0 Å². The summed E-state index contributed by atoms with van der Waals surface area (Å²) >= 11 is 0. The first kappa shape index (κ1) is 15.6. The average molecular weight is 339 g/mol. The van der Waals surface area contributed by atoms with Gasteiger partial charge in [-0.1, -0.05) is 40.9 Å². The summed E-state index contributed by atoms with van der Waals surface area (Å²) in [5.41, 5.74) is 2.14. The Bertz CT molecular complexity index is 988. The molecule has 2 heterocycles. The van der Waals surface area contributed by atoms with Gasteiger partial charge in [0.25, 0.3) is 0 Å². The first-order chi connectivity index (χ1) is 12.1. The van der Waals surface area contributed by atoms with Crippen molar-refractivity contribution in [3.05, 3.63) is 70.1 Å². The topological polar surface area (TPSA) is 47.2 Å². The number of carbonyl (C=O) groups excluding carboxylic acids is 1. The Labute approximate surface area is 143 Å². The number of hydrogen-bond acceptors (Lipinski definition) is 2. The van der Waals surface area contributed by atoms with E-state index in [4.69, 9.17) is 0 Å². The molecule has 1 saturated heterocycles. The molecule has 4 rings (SSSR count). The summed E-state index contributed by atoms with van der Waals surface area (Å²) in [5.74, 6) is 0.200. The Hall–Kier alpha value is -2.89. The molecule has 0 bridgehead atoms. The van der Waals surface area contributed by atoms with Crippen LogP contribution in [0.5, 0.6) is 0 Å². The van der Waals surface area contributed by atoms with Crippen LogP contribution in [0.15, 0.2) is 53.3 Å². The number of carbonyl (C=O) groups is 1. The van der Waals surface area contributed by atoms with Gasteiger partial charge in [0.2, 0.25) is 5.91 Å². The summed E-state index contributed by atoms with van der Waals surface area (Å²) in [6.07, 6.45) is 1.56. The van der Waals surface area contributed by atoms with Gasteiger partial charge in [-0.15, -0.1) is 4.79 Å². The molecule has 0 radical (unpaired) electrons. The zero-order valence-electron chi connectivity index (χ0n) is 13.7. The summed E-state index contributed by atoms with van der Waals surface area (Å²) < 4.78 is 15.4. The van der Waals surface area contributed by atoms with Crippen LogP contribution in [0.1, 0.15) is 24.0 Å². The summed E-state index contributed by atoms with van der Waals surface area (Å²) in [6, 6.07) is 14.6. The zero-order chi connectivity index (χ0) is 17.4. The van der Waals surface area contributed by atoms with Crippen LogP contribution < -0.4 is 5.69 Å². The molecule has 0 aliphatic carbocycles. The Morgan fingerprint density at radius 1 is 0.880 bits per heavy atom. The van der Waals surface area contributed by atoms with Crippen molar-refractivity contribution in [1.82, 2.24) is 14.3 Å². The van der Waals surface area contributed by atoms with Crippen molar-refractivity contribution in [1.29, 1.82) is 0 Å². The molecule has 1 aliphatic heterocycles. The third-order valence-electron chi connectivity index (χ3n) is 4.69. The second-order valence-corrected chi connectivity index (χ2v) is 6.37. The highest BCUT2D eigenvalue weighted by atomic mass is 19.2. The van der Waals surface area contributed by atoms with E-state index in [1.54, 1.807) is 24.3 Å². The third kappa shape index (κ3) is 2.84. The molecular weight excluding hydrogens is 321 g/mol. The minimum atomic E-state index is -0.673. The van der Waals surface area contributed by atoms with E-state index >= 15 is 0 Å².